The molecule has 4 rings (SSSR count). The van der Waals surface area contributed by atoms with E-state index in [1.807, 2.05) is 48.7 Å². The summed E-state index contributed by atoms with van der Waals surface area (Å²) in [5, 5.41) is 4.05. The van der Waals surface area contributed by atoms with E-state index in [2.05, 4.69) is 15.2 Å². The Balaban J connectivity index is 1.47. The number of hydrogen-bond acceptors (Lipinski definition) is 3. The Morgan fingerprint density at radius 3 is 2.62 bits per heavy atom. The molecule has 2 fully saturated rings. The molecule has 1 saturated carbocycles. The van der Waals surface area contributed by atoms with Gasteiger partial charge in [-0.1, -0.05) is 42.6 Å². The van der Waals surface area contributed by atoms with E-state index in [0.717, 1.165) is 56.6 Å². The number of carbonyl (C=O) groups is 1. The average molecular weight is 370 g/mol. The number of nitrogens with one attached hydrogen (secondary N) is 1. The highest BCUT2D eigenvalue weighted by Crippen LogP contribution is 2.42. The van der Waals surface area contributed by atoms with Crippen molar-refractivity contribution in [1.29, 1.82) is 0 Å². The predicted molar refractivity (Wildman–Crippen MR) is 105 cm³/mol. The van der Waals surface area contributed by atoms with Crippen LogP contribution in [0.3, 0.4) is 0 Å². The maximum atomic E-state index is 13.3. The van der Waals surface area contributed by atoms with Gasteiger partial charge >= 0.3 is 0 Å². The molecule has 2 aromatic rings. The van der Waals surface area contributed by atoms with E-state index in [9.17, 15) is 4.79 Å². The van der Waals surface area contributed by atoms with Gasteiger partial charge in [0.15, 0.2) is 0 Å². The molecule has 2 aliphatic rings. The van der Waals surface area contributed by atoms with Gasteiger partial charge in [-0.25, -0.2) is 4.98 Å². The van der Waals surface area contributed by atoms with Crippen LogP contribution in [0.2, 0.25) is 5.02 Å². The van der Waals surface area contributed by atoms with Crippen LogP contribution < -0.4 is 10.2 Å². The minimum atomic E-state index is -0.400. The molecule has 0 unspecified atom stereocenters. The maximum Gasteiger partial charge on any atom is 0.230 e. The number of rotatable bonds is 4. The second-order valence-corrected chi connectivity index (χ2v) is 7.83. The molecule has 26 heavy (non-hydrogen) atoms. The van der Waals surface area contributed by atoms with Crippen molar-refractivity contribution in [3.63, 3.8) is 0 Å². The van der Waals surface area contributed by atoms with Gasteiger partial charge in [0.1, 0.15) is 5.82 Å². The van der Waals surface area contributed by atoms with E-state index < -0.39 is 5.41 Å². The largest absolute Gasteiger partial charge is 0.354 e. The molecule has 0 bridgehead atoms. The summed E-state index contributed by atoms with van der Waals surface area (Å²) >= 11 is 6.04. The smallest absolute Gasteiger partial charge is 0.230 e. The first-order valence-corrected chi connectivity index (χ1v) is 9.78. The Hall–Kier alpha value is -2.07. The van der Waals surface area contributed by atoms with E-state index in [1.165, 1.54) is 0 Å². The first-order valence-electron chi connectivity index (χ1n) is 9.40. The van der Waals surface area contributed by atoms with Crippen molar-refractivity contribution in [2.45, 2.75) is 43.6 Å². The number of pyridine rings is 1. The van der Waals surface area contributed by atoms with Gasteiger partial charge in [0, 0.05) is 30.4 Å². The molecule has 0 radical (unpaired) electrons. The third-order valence-electron chi connectivity index (χ3n) is 5.79. The summed E-state index contributed by atoms with van der Waals surface area (Å²) in [6.45, 7) is 1.75. The van der Waals surface area contributed by atoms with E-state index in [0.29, 0.717) is 5.02 Å². The van der Waals surface area contributed by atoms with Gasteiger partial charge < -0.3 is 10.2 Å². The topological polar surface area (TPSA) is 45.2 Å². The lowest BCUT2D eigenvalue weighted by Gasteiger charge is -2.30. The molecule has 2 heterocycles. The van der Waals surface area contributed by atoms with Crippen molar-refractivity contribution in [2.24, 2.45) is 0 Å². The van der Waals surface area contributed by atoms with Gasteiger partial charge in [-0.05, 0) is 49.1 Å². The fraction of sp³-hybridized carbons (Fsp3) is 0.429. The highest BCUT2D eigenvalue weighted by molar-refractivity contribution is 6.30. The highest BCUT2D eigenvalue weighted by Gasteiger charge is 2.43. The lowest BCUT2D eigenvalue weighted by molar-refractivity contribution is -0.127. The number of carbonyl (C=O) groups excluding carboxylic acids is 1. The third-order valence-corrected chi connectivity index (χ3v) is 6.04. The van der Waals surface area contributed by atoms with Crippen molar-refractivity contribution in [2.75, 3.05) is 18.0 Å². The molecule has 1 aliphatic heterocycles. The molecule has 136 valence electrons. The summed E-state index contributed by atoms with van der Waals surface area (Å²) in [5.74, 6) is 1.16. The molecule has 5 heteroatoms. The molecule has 4 nitrogen and oxygen atoms in total. The quantitative estimate of drug-likeness (QED) is 0.887. The lowest BCUT2D eigenvalue weighted by atomic mass is 9.78. The fourth-order valence-corrected chi connectivity index (χ4v) is 4.47. The molecule has 1 atom stereocenters. The zero-order valence-corrected chi connectivity index (χ0v) is 15.6. The molecule has 1 amide bonds. The zero-order valence-electron chi connectivity index (χ0n) is 14.8. The van der Waals surface area contributed by atoms with Gasteiger partial charge in [-0.2, -0.15) is 0 Å². The van der Waals surface area contributed by atoms with Gasteiger partial charge in [0.2, 0.25) is 5.91 Å². The standard InChI is InChI=1S/C21H24ClN3O/c22-17-8-6-16(7-9-17)21(11-2-3-12-21)20(26)24-18-10-14-25(15-18)19-5-1-4-13-23-19/h1,4-9,13,18H,2-3,10-12,14-15H2,(H,24,26)/t18-/m0/s1. The van der Waals surface area contributed by atoms with Crippen LogP contribution in [-0.2, 0) is 10.2 Å². The van der Waals surface area contributed by atoms with Gasteiger partial charge in [0.05, 0.1) is 5.41 Å². The molecular weight excluding hydrogens is 346 g/mol. The van der Waals surface area contributed by atoms with Crippen LogP contribution in [-0.4, -0.2) is 30.0 Å². The zero-order chi connectivity index (χ0) is 18.0. The van der Waals surface area contributed by atoms with Gasteiger partial charge in [-0.15, -0.1) is 0 Å². The second kappa shape index (κ2) is 7.28. The van der Waals surface area contributed by atoms with Crippen molar-refractivity contribution in [1.82, 2.24) is 10.3 Å². The van der Waals surface area contributed by atoms with Crippen LogP contribution in [0, 0.1) is 0 Å². The Morgan fingerprint density at radius 2 is 1.92 bits per heavy atom. The molecule has 0 spiro atoms. The first kappa shape index (κ1) is 17.3. The summed E-state index contributed by atoms with van der Waals surface area (Å²) in [4.78, 5) is 19.9. The SMILES string of the molecule is O=C(N[C@H]1CCN(c2ccccn2)C1)C1(c2ccc(Cl)cc2)CCCC1. The summed E-state index contributed by atoms with van der Waals surface area (Å²) < 4.78 is 0. The molecule has 1 aromatic heterocycles. The number of nitrogens with zero attached hydrogens (tertiary/aromatic N) is 2. The third kappa shape index (κ3) is 3.30. The molecule has 1 saturated heterocycles. The van der Waals surface area contributed by atoms with Crippen molar-refractivity contribution in [3.8, 4) is 0 Å². The predicted octanol–water partition coefficient (Wildman–Crippen LogP) is 3.94. The Bertz CT molecular complexity index is 757. The van der Waals surface area contributed by atoms with Gasteiger partial charge in [0.25, 0.3) is 0 Å². The van der Waals surface area contributed by atoms with E-state index in [4.69, 9.17) is 11.6 Å². The van der Waals surface area contributed by atoms with Crippen molar-refractivity contribution in [3.05, 3.63) is 59.2 Å². The van der Waals surface area contributed by atoms with Crippen LogP contribution in [0.4, 0.5) is 5.82 Å². The highest BCUT2D eigenvalue weighted by atomic mass is 35.5. The normalized spacial score (nSPS) is 21.7. The van der Waals surface area contributed by atoms with Crippen molar-refractivity contribution < 1.29 is 4.79 Å². The van der Waals surface area contributed by atoms with Crippen LogP contribution in [0.5, 0.6) is 0 Å². The van der Waals surface area contributed by atoms with E-state index in [-0.39, 0.29) is 11.9 Å². The molecule has 1 N–H and O–H groups in total. The molecular formula is C21H24ClN3O. The monoisotopic (exact) mass is 369 g/mol. The first-order chi connectivity index (χ1) is 12.7. The minimum Gasteiger partial charge on any atom is -0.354 e. The second-order valence-electron chi connectivity index (χ2n) is 7.39. The van der Waals surface area contributed by atoms with Crippen LogP contribution in [0.15, 0.2) is 48.7 Å². The van der Waals surface area contributed by atoms with Crippen LogP contribution in [0.1, 0.15) is 37.7 Å². The van der Waals surface area contributed by atoms with Crippen molar-refractivity contribution >= 4 is 23.3 Å². The van der Waals surface area contributed by atoms with Crippen LogP contribution in [0.25, 0.3) is 0 Å². The Labute approximate surface area is 159 Å². The molecule has 1 aliphatic carbocycles. The fourth-order valence-electron chi connectivity index (χ4n) is 4.34. The van der Waals surface area contributed by atoms with E-state index in [1.54, 1.807) is 0 Å². The number of amides is 1. The maximum absolute atomic E-state index is 13.3. The number of hydrogen-bond donors (Lipinski definition) is 1. The average Bonchev–Trinajstić information content (AvgIpc) is 3.33. The number of benzene rings is 1. The summed E-state index contributed by atoms with van der Waals surface area (Å²) in [7, 11) is 0. The van der Waals surface area contributed by atoms with Gasteiger partial charge in [-0.3, -0.25) is 4.79 Å². The summed E-state index contributed by atoms with van der Waals surface area (Å²) in [6.07, 6.45) is 6.80. The summed E-state index contributed by atoms with van der Waals surface area (Å²) in [6, 6.07) is 13.9. The number of anilines is 1. The number of aromatic nitrogens is 1. The van der Waals surface area contributed by atoms with Crippen LogP contribution >= 0.6 is 11.6 Å². The Kier molecular flexibility index (Phi) is 4.86. The minimum absolute atomic E-state index is 0.171. The lowest BCUT2D eigenvalue weighted by Crippen LogP contribution is -2.47. The number of halogens is 1. The summed E-state index contributed by atoms with van der Waals surface area (Å²) in [5.41, 5.74) is 0.694. The molecule has 1 aromatic carbocycles. The Morgan fingerprint density at radius 1 is 1.15 bits per heavy atom. The van der Waals surface area contributed by atoms with E-state index >= 15 is 0 Å².